The van der Waals surface area contributed by atoms with Gasteiger partial charge in [0.1, 0.15) is 5.82 Å². The predicted octanol–water partition coefficient (Wildman–Crippen LogP) is 3.57. The molecule has 3 rings (SSSR count). The van der Waals surface area contributed by atoms with Crippen molar-refractivity contribution in [1.29, 1.82) is 0 Å². The first kappa shape index (κ1) is 21.9. The maximum Gasteiger partial charge on any atom is 0.442 e. The third-order valence-corrected chi connectivity index (χ3v) is 5.49. The summed E-state index contributed by atoms with van der Waals surface area (Å²) in [6, 6.07) is 4.72. The van der Waals surface area contributed by atoms with Crippen LogP contribution in [-0.4, -0.2) is 27.5 Å². The number of ketones is 1. The van der Waals surface area contributed by atoms with E-state index in [1.54, 1.807) is 0 Å². The SMILES string of the molecule is CC(C)C[C@H](NC(=O)C1CCCCC1)C(=O)Cn1c(-c2ccc(F)cc2)noc1=O.[HH]. The maximum atomic E-state index is 13.2. The number of carbonyl (C=O) groups excluding carboxylic acids is 2. The normalized spacial score (nSPS) is 15.9. The third-order valence-electron chi connectivity index (χ3n) is 5.49. The van der Waals surface area contributed by atoms with E-state index in [9.17, 15) is 18.8 Å². The van der Waals surface area contributed by atoms with Crippen molar-refractivity contribution in [2.24, 2.45) is 11.8 Å². The smallest absolute Gasteiger partial charge is 0.346 e. The second-order valence-corrected chi connectivity index (χ2v) is 8.36. The van der Waals surface area contributed by atoms with Gasteiger partial charge in [0, 0.05) is 12.9 Å². The molecule has 0 spiro atoms. The summed E-state index contributed by atoms with van der Waals surface area (Å²) < 4.78 is 19.1. The molecule has 164 valence electrons. The summed E-state index contributed by atoms with van der Waals surface area (Å²) in [6.07, 6.45) is 5.35. The molecular formula is C22H30FN3O4. The minimum Gasteiger partial charge on any atom is -0.346 e. The van der Waals surface area contributed by atoms with E-state index in [0.717, 1.165) is 36.7 Å². The monoisotopic (exact) mass is 419 g/mol. The van der Waals surface area contributed by atoms with Gasteiger partial charge in [-0.15, -0.1) is 0 Å². The Morgan fingerprint density at radius 1 is 1.23 bits per heavy atom. The number of halogens is 1. The lowest BCUT2D eigenvalue weighted by atomic mass is 9.88. The molecule has 0 radical (unpaired) electrons. The minimum atomic E-state index is -0.774. The van der Waals surface area contributed by atoms with E-state index >= 15 is 0 Å². The summed E-state index contributed by atoms with van der Waals surface area (Å²) in [6.45, 7) is 3.67. The average molecular weight is 419 g/mol. The van der Waals surface area contributed by atoms with Crippen LogP contribution < -0.4 is 11.1 Å². The largest absolute Gasteiger partial charge is 0.442 e. The van der Waals surface area contributed by atoms with Crippen LogP contribution in [0.15, 0.2) is 33.6 Å². The molecule has 2 aromatic rings. The first-order chi connectivity index (χ1) is 14.3. The van der Waals surface area contributed by atoms with Gasteiger partial charge in [-0.25, -0.2) is 13.8 Å². The number of nitrogens with one attached hydrogen (secondary N) is 1. The summed E-state index contributed by atoms with van der Waals surface area (Å²) in [4.78, 5) is 37.9. The van der Waals surface area contributed by atoms with E-state index < -0.39 is 17.6 Å². The highest BCUT2D eigenvalue weighted by molar-refractivity contribution is 5.90. The number of carbonyl (C=O) groups is 2. The lowest BCUT2D eigenvalue weighted by Gasteiger charge is -2.25. The van der Waals surface area contributed by atoms with Crippen LogP contribution in [-0.2, 0) is 16.1 Å². The first-order valence-corrected chi connectivity index (χ1v) is 10.5. The van der Waals surface area contributed by atoms with Gasteiger partial charge < -0.3 is 5.32 Å². The molecule has 1 aromatic carbocycles. The lowest BCUT2D eigenvalue weighted by molar-refractivity contribution is -0.131. The number of amides is 1. The van der Waals surface area contributed by atoms with Crippen LogP contribution in [0.1, 0.15) is 53.8 Å². The Hall–Kier alpha value is -2.77. The third kappa shape index (κ3) is 5.43. The van der Waals surface area contributed by atoms with Crippen LogP contribution in [0.2, 0.25) is 0 Å². The van der Waals surface area contributed by atoms with Crippen molar-refractivity contribution in [2.45, 2.75) is 65.0 Å². The average Bonchev–Trinajstić information content (AvgIpc) is 3.08. The van der Waals surface area contributed by atoms with E-state index in [4.69, 9.17) is 4.52 Å². The Balaban J connectivity index is 0.00000341. The zero-order chi connectivity index (χ0) is 21.7. The maximum absolute atomic E-state index is 13.2. The van der Waals surface area contributed by atoms with Crippen molar-refractivity contribution in [2.75, 3.05) is 0 Å². The fraction of sp³-hybridized carbons (Fsp3) is 0.545. The molecule has 1 aliphatic carbocycles. The Bertz CT molecular complexity index is 933. The fourth-order valence-corrected chi connectivity index (χ4v) is 3.88. The van der Waals surface area contributed by atoms with Crippen molar-refractivity contribution in [3.63, 3.8) is 0 Å². The van der Waals surface area contributed by atoms with Gasteiger partial charge in [-0.1, -0.05) is 38.3 Å². The number of hydrogen-bond acceptors (Lipinski definition) is 5. The van der Waals surface area contributed by atoms with E-state index in [2.05, 4.69) is 10.5 Å². The van der Waals surface area contributed by atoms with Crippen molar-refractivity contribution in [1.82, 2.24) is 15.0 Å². The Labute approximate surface area is 176 Å². The van der Waals surface area contributed by atoms with Gasteiger partial charge in [-0.2, -0.15) is 0 Å². The van der Waals surface area contributed by atoms with E-state index in [-0.39, 0.29) is 37.3 Å². The van der Waals surface area contributed by atoms with Gasteiger partial charge in [0.15, 0.2) is 11.6 Å². The number of nitrogens with zero attached hydrogens (tertiary/aromatic N) is 2. The molecule has 1 N–H and O–H groups in total. The number of hydrogen-bond donors (Lipinski definition) is 1. The van der Waals surface area contributed by atoms with Crippen LogP contribution in [0.4, 0.5) is 4.39 Å². The Kier molecular flexibility index (Phi) is 7.18. The molecular weight excluding hydrogens is 389 g/mol. The van der Waals surface area contributed by atoms with Crippen molar-refractivity contribution in [3.8, 4) is 11.4 Å². The number of Topliss-reactive ketones (excluding diaryl/α,β-unsaturated/α-hetero) is 1. The molecule has 7 nitrogen and oxygen atoms in total. The van der Waals surface area contributed by atoms with E-state index in [1.165, 1.54) is 24.3 Å². The zero-order valence-electron chi connectivity index (χ0n) is 17.4. The van der Waals surface area contributed by atoms with Crippen LogP contribution >= 0.6 is 0 Å². The van der Waals surface area contributed by atoms with Crippen molar-refractivity contribution >= 4 is 11.7 Å². The molecule has 0 aliphatic heterocycles. The molecule has 1 aromatic heterocycles. The molecule has 0 saturated heterocycles. The van der Waals surface area contributed by atoms with Crippen molar-refractivity contribution in [3.05, 3.63) is 40.6 Å². The van der Waals surface area contributed by atoms with Gasteiger partial charge in [-0.05, 0) is 49.4 Å². The second-order valence-electron chi connectivity index (χ2n) is 8.36. The molecule has 1 atom stereocenters. The molecule has 1 saturated carbocycles. The van der Waals surface area contributed by atoms with E-state index in [0.29, 0.717) is 12.0 Å². The van der Waals surface area contributed by atoms with Crippen LogP contribution in [0.3, 0.4) is 0 Å². The van der Waals surface area contributed by atoms with Crippen LogP contribution in [0.5, 0.6) is 0 Å². The molecule has 30 heavy (non-hydrogen) atoms. The molecule has 1 fully saturated rings. The topological polar surface area (TPSA) is 94.2 Å². The van der Waals surface area contributed by atoms with Crippen molar-refractivity contribution < 1.29 is 19.9 Å². The van der Waals surface area contributed by atoms with Gasteiger partial charge in [0.2, 0.25) is 5.91 Å². The molecule has 8 heteroatoms. The highest BCUT2D eigenvalue weighted by Crippen LogP contribution is 2.24. The summed E-state index contributed by atoms with van der Waals surface area (Å²) in [5, 5.41) is 6.65. The Morgan fingerprint density at radius 3 is 2.53 bits per heavy atom. The quantitative estimate of drug-likeness (QED) is 0.706. The number of benzene rings is 1. The number of aromatic nitrogens is 2. The van der Waals surface area contributed by atoms with Gasteiger partial charge in [-0.3, -0.25) is 14.1 Å². The molecule has 1 amide bonds. The lowest BCUT2D eigenvalue weighted by Crippen LogP contribution is -2.46. The summed E-state index contributed by atoms with van der Waals surface area (Å²) in [5.41, 5.74) is 0.460. The van der Waals surface area contributed by atoms with Gasteiger partial charge in [0.05, 0.1) is 12.6 Å². The summed E-state index contributed by atoms with van der Waals surface area (Å²) in [5.74, 6) is -1.31. The zero-order valence-corrected chi connectivity index (χ0v) is 17.4. The van der Waals surface area contributed by atoms with E-state index in [1.807, 2.05) is 13.8 Å². The molecule has 1 heterocycles. The van der Waals surface area contributed by atoms with Gasteiger partial charge >= 0.3 is 5.76 Å². The molecule has 1 aliphatic rings. The Morgan fingerprint density at radius 2 is 1.90 bits per heavy atom. The highest BCUT2D eigenvalue weighted by Gasteiger charge is 2.28. The fourth-order valence-electron chi connectivity index (χ4n) is 3.88. The van der Waals surface area contributed by atoms with Crippen LogP contribution in [0, 0.1) is 17.7 Å². The summed E-state index contributed by atoms with van der Waals surface area (Å²) in [7, 11) is 0. The predicted molar refractivity (Wildman–Crippen MR) is 111 cm³/mol. The summed E-state index contributed by atoms with van der Waals surface area (Å²) >= 11 is 0. The highest BCUT2D eigenvalue weighted by atomic mass is 19.1. The molecule has 0 unspecified atom stereocenters. The molecule has 0 bridgehead atoms. The standard InChI is InChI=1S/C22H28FN3O4.H2/c1-14(2)12-18(24-21(28)16-6-4-3-5-7-16)19(27)13-26-20(25-30-22(26)29)15-8-10-17(23)11-9-15;/h8-11,14,16,18H,3-7,12-13H2,1-2H3,(H,24,28);1H/t18-;/m0./s1. The van der Waals surface area contributed by atoms with Crippen LogP contribution in [0.25, 0.3) is 11.4 Å². The minimum absolute atomic E-state index is 0. The first-order valence-electron chi connectivity index (χ1n) is 10.5. The second kappa shape index (κ2) is 9.82. The van der Waals surface area contributed by atoms with Gasteiger partial charge in [0.25, 0.3) is 0 Å². The number of rotatable bonds is 8.